The van der Waals surface area contributed by atoms with E-state index in [4.69, 9.17) is 47.4 Å². The van der Waals surface area contributed by atoms with Crippen molar-refractivity contribution in [2.45, 2.75) is 67.7 Å². The Bertz CT molecular complexity index is 2280. The zero-order valence-electron chi connectivity index (χ0n) is 33.9. The van der Waals surface area contributed by atoms with Crippen LogP contribution in [0.15, 0.2) is 152 Å². The van der Waals surface area contributed by atoms with Crippen molar-refractivity contribution in [3.8, 4) is 0 Å². The van der Waals surface area contributed by atoms with Crippen LogP contribution in [-0.2, 0) is 47.4 Å². The van der Waals surface area contributed by atoms with Crippen molar-refractivity contribution < 1.29 is 71.7 Å². The lowest BCUT2D eigenvalue weighted by atomic mass is 9.95. The molecule has 0 amide bonds. The van der Waals surface area contributed by atoms with Gasteiger partial charge < -0.3 is 52.5 Å². The third-order valence-corrected chi connectivity index (χ3v) is 10.6. The molecule has 3 aliphatic heterocycles. The average molecular weight is 861 g/mol. The predicted octanol–water partition coefficient (Wildman–Crippen LogP) is 5.48. The number of hydrogen-bond donors (Lipinski definition) is 1. The van der Waals surface area contributed by atoms with Crippen LogP contribution in [0.2, 0.25) is 0 Å². The van der Waals surface area contributed by atoms with Crippen molar-refractivity contribution in [1.82, 2.24) is 0 Å². The summed E-state index contributed by atoms with van der Waals surface area (Å²) in [6, 6.07) is 41.5. The number of aliphatic hydroxyl groups excluding tert-OH is 1. The highest BCUT2D eigenvalue weighted by molar-refractivity contribution is 5.91. The molecule has 63 heavy (non-hydrogen) atoms. The van der Waals surface area contributed by atoms with Crippen molar-refractivity contribution in [2.24, 2.45) is 0 Å². The maximum Gasteiger partial charge on any atom is 0.338 e. The maximum atomic E-state index is 14.0. The van der Waals surface area contributed by atoms with Crippen molar-refractivity contribution >= 4 is 23.9 Å². The molecule has 15 heteroatoms. The fourth-order valence-corrected chi connectivity index (χ4v) is 7.48. The van der Waals surface area contributed by atoms with Gasteiger partial charge in [-0.1, -0.05) is 103 Å². The summed E-state index contributed by atoms with van der Waals surface area (Å²) in [5.41, 5.74) is 1.39. The Morgan fingerprint density at radius 2 is 1.00 bits per heavy atom. The van der Waals surface area contributed by atoms with Gasteiger partial charge in [0.25, 0.3) is 0 Å². The second-order valence-electron chi connectivity index (χ2n) is 14.8. The quantitative estimate of drug-likeness (QED) is 0.116. The molecule has 15 nitrogen and oxygen atoms in total. The Hall–Kier alpha value is -6.30. The highest BCUT2D eigenvalue weighted by atomic mass is 16.8. The first-order valence-corrected chi connectivity index (χ1v) is 20.3. The number of carbonyl (C=O) groups excluding carboxylic acids is 4. The molecular weight excluding hydrogens is 817 g/mol. The first-order chi connectivity index (χ1) is 30.8. The SMILES string of the molecule is CO[C@@H]1O[C@H](COC(=O)c2ccccc2)[C@@H](O[C@@H]2O[C@@H]3COC(c4ccccc4)O[C@@H]3[C@@H](O)[C@H]2OC(=O)c2ccccc2)[C@H](OC(=O)c2ccccc2)[C@H]1OC(=O)c1ccccc1. The molecule has 326 valence electrons. The Morgan fingerprint density at radius 3 is 1.51 bits per heavy atom. The number of aliphatic hydroxyl groups is 1. The molecule has 1 N–H and O–H groups in total. The summed E-state index contributed by atoms with van der Waals surface area (Å²) in [5.74, 6) is -3.19. The summed E-state index contributed by atoms with van der Waals surface area (Å²) in [5, 5.41) is 12.1. The number of carbonyl (C=O) groups is 4. The van der Waals surface area contributed by atoms with E-state index < -0.39 is 98.2 Å². The van der Waals surface area contributed by atoms with Crippen molar-refractivity contribution in [3.63, 3.8) is 0 Å². The van der Waals surface area contributed by atoms with E-state index in [-0.39, 0.29) is 28.9 Å². The van der Waals surface area contributed by atoms with Crippen LogP contribution in [0.4, 0.5) is 0 Å². The molecule has 0 saturated carbocycles. The van der Waals surface area contributed by atoms with Gasteiger partial charge in [-0.3, -0.25) is 0 Å². The number of ether oxygens (including phenoxy) is 10. The second kappa shape index (κ2) is 20.3. The van der Waals surface area contributed by atoms with Gasteiger partial charge in [0.1, 0.15) is 37.1 Å². The van der Waals surface area contributed by atoms with E-state index in [0.717, 1.165) is 0 Å². The summed E-state index contributed by atoms with van der Waals surface area (Å²) in [6.45, 7) is -0.604. The fourth-order valence-electron chi connectivity index (χ4n) is 7.48. The van der Waals surface area contributed by atoms with Gasteiger partial charge in [0.05, 0.1) is 28.9 Å². The number of fused-ring (bicyclic) bond motifs is 1. The maximum absolute atomic E-state index is 14.0. The van der Waals surface area contributed by atoms with Crippen LogP contribution in [0.25, 0.3) is 0 Å². The molecule has 1 unspecified atom stereocenters. The first-order valence-electron chi connectivity index (χ1n) is 20.3. The van der Waals surface area contributed by atoms with Gasteiger partial charge in [-0.05, 0) is 48.5 Å². The second-order valence-corrected chi connectivity index (χ2v) is 14.8. The minimum Gasteiger partial charge on any atom is -0.459 e. The Labute approximate surface area is 362 Å². The molecule has 0 bridgehead atoms. The van der Waals surface area contributed by atoms with Crippen molar-refractivity contribution in [1.29, 1.82) is 0 Å². The third kappa shape index (κ3) is 10.2. The smallest absolute Gasteiger partial charge is 0.338 e. The highest BCUT2D eigenvalue weighted by Gasteiger charge is 2.57. The molecular formula is C48H44O15. The lowest BCUT2D eigenvalue weighted by Crippen LogP contribution is -2.67. The lowest BCUT2D eigenvalue weighted by Gasteiger charge is -2.50. The Kier molecular flexibility index (Phi) is 13.9. The van der Waals surface area contributed by atoms with E-state index in [0.29, 0.717) is 5.56 Å². The molecule has 5 aromatic rings. The van der Waals surface area contributed by atoms with Crippen LogP contribution < -0.4 is 0 Å². The zero-order chi connectivity index (χ0) is 43.7. The number of hydrogen-bond acceptors (Lipinski definition) is 15. The predicted molar refractivity (Wildman–Crippen MR) is 219 cm³/mol. The van der Waals surface area contributed by atoms with Gasteiger partial charge in [0.2, 0.25) is 0 Å². The van der Waals surface area contributed by atoms with Gasteiger partial charge in [0, 0.05) is 12.7 Å². The molecule has 8 rings (SSSR count). The number of benzene rings is 5. The highest BCUT2D eigenvalue weighted by Crippen LogP contribution is 2.38. The van der Waals surface area contributed by atoms with Crippen LogP contribution in [0.3, 0.4) is 0 Å². The minimum atomic E-state index is -1.65. The summed E-state index contributed by atoms with van der Waals surface area (Å²) in [4.78, 5) is 54.8. The molecule has 0 radical (unpaired) electrons. The fraction of sp³-hybridized carbons (Fsp3) is 0.292. The van der Waals surface area contributed by atoms with Crippen LogP contribution in [0.1, 0.15) is 53.3 Å². The molecule has 5 aromatic carbocycles. The molecule has 3 aliphatic rings. The molecule has 0 aromatic heterocycles. The van der Waals surface area contributed by atoms with E-state index in [1.54, 1.807) is 97.1 Å². The molecule has 3 saturated heterocycles. The van der Waals surface area contributed by atoms with Gasteiger partial charge in [0.15, 0.2) is 37.2 Å². The summed E-state index contributed by atoms with van der Waals surface area (Å²) in [7, 11) is 1.30. The standard InChI is InChI=1S/C48H44O15/c1-54-47-41(61-45(53)32-23-13-5-14-24-32)40(60-44(52)31-21-11-4-12-22-31)38(35(57-47)27-55-42(50)29-17-7-2-8-18-29)63-48-39(59-43(51)30-19-9-3-10-20-30)36(49)37-34(58-48)28-56-46(62-37)33-25-15-6-16-26-33/h2-26,34-41,46-49H,27-28H2,1H3/t34-,35-,36-,37+,38-,39-,40+,41-,46?,47-,48+/m1/s1. The summed E-state index contributed by atoms with van der Waals surface area (Å²) >= 11 is 0. The van der Waals surface area contributed by atoms with Crippen LogP contribution >= 0.6 is 0 Å². The van der Waals surface area contributed by atoms with E-state index in [1.807, 2.05) is 18.2 Å². The van der Waals surface area contributed by atoms with Gasteiger partial charge in [-0.25, -0.2) is 19.2 Å². The largest absolute Gasteiger partial charge is 0.459 e. The van der Waals surface area contributed by atoms with Gasteiger partial charge >= 0.3 is 23.9 Å². The van der Waals surface area contributed by atoms with Gasteiger partial charge in [-0.2, -0.15) is 0 Å². The van der Waals surface area contributed by atoms with E-state index in [1.165, 1.54) is 43.5 Å². The van der Waals surface area contributed by atoms with Crippen LogP contribution in [-0.4, -0.2) is 111 Å². The van der Waals surface area contributed by atoms with Crippen molar-refractivity contribution in [3.05, 3.63) is 179 Å². The Morgan fingerprint density at radius 1 is 0.540 bits per heavy atom. The zero-order valence-corrected chi connectivity index (χ0v) is 33.9. The minimum absolute atomic E-state index is 0.0880. The third-order valence-electron chi connectivity index (χ3n) is 10.6. The molecule has 3 heterocycles. The number of rotatable bonds is 13. The van der Waals surface area contributed by atoms with Crippen LogP contribution in [0.5, 0.6) is 0 Å². The molecule has 0 aliphatic carbocycles. The van der Waals surface area contributed by atoms with Crippen LogP contribution in [0, 0.1) is 0 Å². The van der Waals surface area contributed by atoms with Crippen molar-refractivity contribution in [2.75, 3.05) is 20.3 Å². The normalized spacial score (nSPS) is 27.8. The number of methoxy groups -OCH3 is 1. The summed E-state index contributed by atoms with van der Waals surface area (Å²) < 4.78 is 61.5. The van der Waals surface area contributed by atoms with E-state index >= 15 is 0 Å². The Balaban J connectivity index is 1.17. The molecule has 3 fully saturated rings. The molecule has 11 atom stereocenters. The topological polar surface area (TPSA) is 181 Å². The monoisotopic (exact) mass is 860 g/mol. The summed E-state index contributed by atoms with van der Waals surface area (Å²) in [6.07, 6.45) is -15.2. The van der Waals surface area contributed by atoms with E-state index in [9.17, 15) is 24.3 Å². The molecule has 0 spiro atoms. The van der Waals surface area contributed by atoms with E-state index in [2.05, 4.69) is 0 Å². The first kappa shape index (κ1) is 43.4. The number of esters is 4. The average Bonchev–Trinajstić information content (AvgIpc) is 3.34. The van der Waals surface area contributed by atoms with Gasteiger partial charge in [-0.15, -0.1) is 0 Å². The lowest BCUT2D eigenvalue weighted by molar-refractivity contribution is -0.383.